The van der Waals surface area contributed by atoms with Gasteiger partial charge in [-0.1, -0.05) is 27.3 Å². The molecule has 1 aliphatic carbocycles. The van der Waals surface area contributed by atoms with Crippen molar-refractivity contribution < 1.29 is 14.2 Å². The first-order chi connectivity index (χ1) is 13.1. The van der Waals surface area contributed by atoms with Gasteiger partial charge in [-0.25, -0.2) is 9.98 Å². The van der Waals surface area contributed by atoms with E-state index in [1.165, 1.54) is 10.4 Å². The van der Waals surface area contributed by atoms with Crippen molar-refractivity contribution in [2.75, 3.05) is 21.3 Å². The third-order valence-electron chi connectivity index (χ3n) is 4.45. The fourth-order valence-corrected chi connectivity index (χ4v) is 4.52. The van der Waals surface area contributed by atoms with Crippen LogP contribution in [0.2, 0.25) is 0 Å². The first kappa shape index (κ1) is 18.0. The summed E-state index contributed by atoms with van der Waals surface area (Å²) in [6.07, 6.45) is 2.60. The van der Waals surface area contributed by atoms with Crippen molar-refractivity contribution in [3.05, 3.63) is 50.8 Å². The zero-order valence-corrected chi connectivity index (χ0v) is 17.5. The summed E-state index contributed by atoms with van der Waals surface area (Å²) in [5.41, 5.74) is 4.11. The zero-order chi connectivity index (χ0) is 19.0. The second-order valence-corrected chi connectivity index (χ2v) is 7.83. The Morgan fingerprint density at radius 2 is 1.89 bits per heavy atom. The van der Waals surface area contributed by atoms with E-state index in [0.29, 0.717) is 10.9 Å². The number of ether oxygens (including phenoxy) is 3. The molecule has 0 fully saturated rings. The van der Waals surface area contributed by atoms with Gasteiger partial charge in [-0.15, -0.1) is 0 Å². The van der Waals surface area contributed by atoms with Crippen LogP contribution in [-0.4, -0.2) is 32.5 Å². The predicted molar refractivity (Wildman–Crippen MR) is 111 cm³/mol. The van der Waals surface area contributed by atoms with Crippen LogP contribution in [0.15, 0.2) is 39.8 Å². The number of aliphatic imine (C=N–C) groups is 1. The third kappa shape index (κ3) is 3.21. The number of fused-ring (bicyclic) bond motifs is 3. The van der Waals surface area contributed by atoms with Crippen molar-refractivity contribution in [2.45, 2.75) is 6.42 Å². The molecule has 0 unspecified atom stereocenters. The Kier molecular flexibility index (Phi) is 4.88. The highest BCUT2D eigenvalue weighted by Crippen LogP contribution is 2.48. The summed E-state index contributed by atoms with van der Waals surface area (Å²) in [7, 11) is 4.94. The van der Waals surface area contributed by atoms with E-state index in [1.54, 1.807) is 38.9 Å². The fraction of sp³-hybridized carbons (Fsp3) is 0.200. The zero-order valence-electron chi connectivity index (χ0n) is 15.1. The Hall–Kier alpha value is -2.38. The Morgan fingerprint density at radius 3 is 2.63 bits per heavy atom. The number of halogens is 1. The van der Waals surface area contributed by atoms with Gasteiger partial charge in [0.05, 0.1) is 27.0 Å². The molecule has 1 aliphatic rings. The summed E-state index contributed by atoms with van der Waals surface area (Å²) in [5.74, 6) is 2.29. The van der Waals surface area contributed by atoms with Gasteiger partial charge in [0.1, 0.15) is 17.2 Å². The van der Waals surface area contributed by atoms with E-state index in [4.69, 9.17) is 19.2 Å². The molecule has 0 amide bonds. The van der Waals surface area contributed by atoms with Gasteiger partial charge in [-0.3, -0.25) is 0 Å². The lowest BCUT2D eigenvalue weighted by atomic mass is 10.1. The Bertz CT molecular complexity index is 1050. The lowest BCUT2D eigenvalue weighted by molar-refractivity contribution is 0.394. The molecule has 0 atom stereocenters. The molecule has 27 heavy (non-hydrogen) atoms. The van der Waals surface area contributed by atoms with Crippen LogP contribution < -0.4 is 14.2 Å². The molecule has 138 valence electrons. The second-order valence-electron chi connectivity index (χ2n) is 5.91. The number of methoxy groups -OCH3 is 3. The van der Waals surface area contributed by atoms with Crippen molar-refractivity contribution in [3.8, 4) is 28.5 Å². The van der Waals surface area contributed by atoms with E-state index >= 15 is 0 Å². The maximum Gasteiger partial charge on any atom is 0.209 e. The van der Waals surface area contributed by atoms with Crippen molar-refractivity contribution >= 4 is 38.6 Å². The average molecular weight is 445 g/mol. The molecular formula is C20H17BrN2O3S. The number of thiazole rings is 1. The summed E-state index contributed by atoms with van der Waals surface area (Å²) in [6, 6.07) is 9.61. The maximum absolute atomic E-state index is 5.54. The van der Waals surface area contributed by atoms with Gasteiger partial charge in [0.2, 0.25) is 5.13 Å². The molecule has 1 heterocycles. The summed E-state index contributed by atoms with van der Waals surface area (Å²) >= 11 is 5.23. The minimum atomic E-state index is 0.707. The van der Waals surface area contributed by atoms with E-state index in [2.05, 4.69) is 20.9 Å². The minimum absolute atomic E-state index is 0.707. The van der Waals surface area contributed by atoms with Gasteiger partial charge in [-0.05, 0) is 29.8 Å². The molecule has 5 nitrogen and oxygen atoms in total. The van der Waals surface area contributed by atoms with Crippen molar-refractivity contribution in [1.82, 2.24) is 4.98 Å². The highest BCUT2D eigenvalue weighted by Gasteiger charge is 2.28. The van der Waals surface area contributed by atoms with E-state index < -0.39 is 0 Å². The number of aromatic nitrogens is 1. The van der Waals surface area contributed by atoms with E-state index in [-0.39, 0.29) is 0 Å². The molecule has 4 rings (SSSR count). The standard InChI is InChI=1S/C20H17BrN2O3S/c1-24-12-5-4-11(16(8-12)26-3)10-22-20-23-19-17(27-20)9-13-14(21)6-7-15(25-2)18(13)19/h4-8,10H,9H2,1-3H3. The summed E-state index contributed by atoms with van der Waals surface area (Å²) in [5, 5.41) is 0.713. The lowest BCUT2D eigenvalue weighted by Crippen LogP contribution is -1.92. The second kappa shape index (κ2) is 7.32. The van der Waals surface area contributed by atoms with Gasteiger partial charge in [0, 0.05) is 39.2 Å². The first-order valence-electron chi connectivity index (χ1n) is 8.26. The van der Waals surface area contributed by atoms with Gasteiger partial charge >= 0.3 is 0 Å². The maximum atomic E-state index is 5.54. The normalized spacial score (nSPS) is 12.1. The van der Waals surface area contributed by atoms with Crippen LogP contribution in [0.1, 0.15) is 16.0 Å². The smallest absolute Gasteiger partial charge is 0.209 e. The molecule has 7 heteroatoms. The van der Waals surface area contributed by atoms with Crippen molar-refractivity contribution in [2.24, 2.45) is 4.99 Å². The summed E-state index contributed by atoms with van der Waals surface area (Å²) in [6.45, 7) is 0. The van der Waals surface area contributed by atoms with Gasteiger partial charge in [0.25, 0.3) is 0 Å². The molecular weight excluding hydrogens is 428 g/mol. The molecule has 1 aromatic heterocycles. The van der Waals surface area contributed by atoms with Crippen LogP contribution in [-0.2, 0) is 6.42 Å². The fourth-order valence-electron chi connectivity index (χ4n) is 3.12. The van der Waals surface area contributed by atoms with Crippen LogP contribution in [0.4, 0.5) is 5.13 Å². The largest absolute Gasteiger partial charge is 0.497 e. The SMILES string of the molecule is COc1ccc(C=Nc2nc3c(s2)Cc2c(Br)ccc(OC)c2-3)c(OC)c1. The Morgan fingerprint density at radius 1 is 1.07 bits per heavy atom. The quantitative estimate of drug-likeness (QED) is 0.394. The number of benzene rings is 2. The van der Waals surface area contributed by atoms with Crippen LogP contribution in [0, 0.1) is 0 Å². The monoisotopic (exact) mass is 444 g/mol. The average Bonchev–Trinajstić information content (AvgIpc) is 3.25. The van der Waals surface area contributed by atoms with Crippen molar-refractivity contribution in [1.29, 1.82) is 0 Å². The van der Waals surface area contributed by atoms with Gasteiger partial charge in [0.15, 0.2) is 0 Å². The molecule has 0 saturated heterocycles. The van der Waals surface area contributed by atoms with E-state index in [9.17, 15) is 0 Å². The summed E-state index contributed by atoms with van der Waals surface area (Å²) < 4.78 is 17.3. The molecule has 0 spiro atoms. The van der Waals surface area contributed by atoms with E-state index in [1.807, 2.05) is 30.3 Å². The Balaban J connectivity index is 1.68. The number of nitrogens with zero attached hydrogens (tertiary/aromatic N) is 2. The molecule has 0 aliphatic heterocycles. The third-order valence-corrected chi connectivity index (χ3v) is 6.16. The van der Waals surface area contributed by atoms with E-state index in [0.717, 1.165) is 39.2 Å². The number of hydrogen-bond donors (Lipinski definition) is 0. The van der Waals surface area contributed by atoms with Gasteiger partial charge < -0.3 is 14.2 Å². The predicted octanol–water partition coefficient (Wildman–Crippen LogP) is 5.25. The van der Waals surface area contributed by atoms with Crippen LogP contribution >= 0.6 is 27.3 Å². The van der Waals surface area contributed by atoms with Crippen LogP contribution in [0.3, 0.4) is 0 Å². The van der Waals surface area contributed by atoms with Crippen LogP contribution in [0.5, 0.6) is 17.2 Å². The van der Waals surface area contributed by atoms with Gasteiger partial charge in [-0.2, -0.15) is 0 Å². The number of rotatable bonds is 5. The molecule has 0 bridgehead atoms. The number of hydrogen-bond acceptors (Lipinski definition) is 6. The first-order valence-corrected chi connectivity index (χ1v) is 9.87. The highest BCUT2D eigenvalue weighted by molar-refractivity contribution is 9.10. The Labute approximate surface area is 169 Å². The minimum Gasteiger partial charge on any atom is -0.497 e. The highest BCUT2D eigenvalue weighted by atomic mass is 79.9. The van der Waals surface area contributed by atoms with Crippen LogP contribution in [0.25, 0.3) is 11.3 Å². The topological polar surface area (TPSA) is 52.9 Å². The van der Waals surface area contributed by atoms with Crippen molar-refractivity contribution in [3.63, 3.8) is 0 Å². The summed E-state index contributed by atoms with van der Waals surface area (Å²) in [4.78, 5) is 10.5. The lowest BCUT2D eigenvalue weighted by Gasteiger charge is -2.08. The molecule has 2 aromatic carbocycles. The molecule has 0 N–H and O–H groups in total. The molecule has 0 saturated carbocycles. The molecule has 0 radical (unpaired) electrons. The molecule has 3 aromatic rings.